The van der Waals surface area contributed by atoms with Gasteiger partial charge in [0.2, 0.25) is 5.91 Å². The summed E-state index contributed by atoms with van der Waals surface area (Å²) in [5.74, 6) is -0.800. The number of carbonyl (C=O) groups is 2. The van der Waals surface area contributed by atoms with Crippen molar-refractivity contribution in [1.29, 1.82) is 0 Å². The van der Waals surface area contributed by atoms with Crippen LogP contribution in [0.1, 0.15) is 120 Å². The minimum Gasteiger partial charge on any atom is -0.550 e. The Labute approximate surface area is 224 Å². The molecule has 0 N–H and O–H groups in total. The van der Waals surface area contributed by atoms with Crippen LogP contribution in [0, 0.1) is 11.8 Å². The third kappa shape index (κ3) is 18.2. The first kappa shape index (κ1) is 37.0. The molecule has 0 aromatic carbocycles. The molecule has 216 valence electrons. The fourth-order valence-corrected chi connectivity index (χ4v) is 4.08. The monoisotopic (exact) mass is 514 g/mol. The van der Waals surface area contributed by atoms with Gasteiger partial charge in [0.15, 0.2) is 0 Å². The Bertz CT molecular complexity index is 484. The van der Waals surface area contributed by atoms with Crippen molar-refractivity contribution >= 4 is 11.9 Å². The van der Waals surface area contributed by atoms with Gasteiger partial charge in [0.1, 0.15) is 0 Å². The molecule has 6 heteroatoms. The topological polar surface area (TPSA) is 69.7 Å². The largest absolute Gasteiger partial charge is 0.550 e. The van der Waals surface area contributed by atoms with Gasteiger partial charge in [-0.2, -0.15) is 0 Å². The van der Waals surface area contributed by atoms with Crippen LogP contribution in [0.3, 0.4) is 0 Å². The van der Waals surface area contributed by atoms with Gasteiger partial charge in [-0.1, -0.05) is 81.1 Å². The van der Waals surface area contributed by atoms with Crippen molar-refractivity contribution in [2.45, 2.75) is 120 Å². The molecule has 1 aliphatic heterocycles. The molecular weight excluding hydrogens is 452 g/mol. The molecule has 36 heavy (non-hydrogen) atoms. The third-order valence-electron chi connectivity index (χ3n) is 7.32. The second-order valence-corrected chi connectivity index (χ2v) is 10.5. The van der Waals surface area contributed by atoms with E-state index in [2.05, 4.69) is 27.7 Å². The highest BCUT2D eigenvalue weighted by atomic mass is 16.5. The standard InChI is InChI=1S/C16H36N.C9H17NO2.C5H10O2/c1-5-9-13-17(14-10-6-2,15-11-7-3)16-12-8-4;1-3-8(2)9(11)10-4-6-12-7-5-10;1-3-4(2)5(6)7/h5-16H2,1-4H3;8H,3-7H2,1-2H3;4H,3H2,1-2H3,(H,6,7)/q+1;;/p-1. The normalized spacial score (nSPS) is 15.2. The quantitative estimate of drug-likeness (QED) is 0.249. The molecule has 0 aliphatic carbocycles. The maximum Gasteiger partial charge on any atom is 0.225 e. The molecule has 0 radical (unpaired) electrons. The number of rotatable bonds is 16. The number of hydrogen-bond donors (Lipinski definition) is 0. The van der Waals surface area contributed by atoms with E-state index in [-0.39, 0.29) is 17.7 Å². The molecule has 2 unspecified atom stereocenters. The summed E-state index contributed by atoms with van der Waals surface area (Å²) in [6, 6.07) is 0. The highest BCUT2D eigenvalue weighted by molar-refractivity contribution is 5.78. The van der Waals surface area contributed by atoms with E-state index >= 15 is 0 Å². The number of unbranched alkanes of at least 4 members (excludes halogenated alkanes) is 4. The molecule has 0 aromatic heterocycles. The lowest BCUT2D eigenvalue weighted by molar-refractivity contribution is -0.929. The molecule has 2 atom stereocenters. The molecule has 0 saturated carbocycles. The molecule has 1 rings (SSSR count). The highest BCUT2D eigenvalue weighted by Gasteiger charge is 2.24. The number of hydrogen-bond acceptors (Lipinski definition) is 4. The Balaban J connectivity index is 0. The van der Waals surface area contributed by atoms with Gasteiger partial charge in [-0.3, -0.25) is 4.79 Å². The van der Waals surface area contributed by atoms with Crippen LogP contribution >= 0.6 is 0 Å². The number of quaternary nitrogens is 1. The van der Waals surface area contributed by atoms with Gasteiger partial charge < -0.3 is 24.0 Å². The third-order valence-corrected chi connectivity index (χ3v) is 7.32. The highest BCUT2D eigenvalue weighted by Crippen LogP contribution is 2.16. The van der Waals surface area contributed by atoms with Crippen molar-refractivity contribution in [1.82, 2.24) is 4.90 Å². The van der Waals surface area contributed by atoms with Gasteiger partial charge in [-0.05, 0) is 44.4 Å². The second-order valence-electron chi connectivity index (χ2n) is 10.5. The van der Waals surface area contributed by atoms with E-state index in [0.29, 0.717) is 19.6 Å². The SMILES string of the molecule is CCC(C)C(=O)N1CCOCC1.CCC(C)C(=O)[O-].CCCC[N+](CCCC)(CCCC)CCCC. The zero-order valence-corrected chi connectivity index (χ0v) is 25.4. The molecule has 1 heterocycles. The molecular formula is C30H62N2O4. The zero-order valence-electron chi connectivity index (χ0n) is 25.4. The lowest BCUT2D eigenvalue weighted by Crippen LogP contribution is -2.50. The molecule has 0 spiro atoms. The van der Waals surface area contributed by atoms with Crippen LogP contribution < -0.4 is 5.11 Å². The summed E-state index contributed by atoms with van der Waals surface area (Å²) in [6.45, 7) is 25.4. The Hall–Kier alpha value is -1.14. The predicted molar refractivity (Wildman–Crippen MR) is 151 cm³/mol. The van der Waals surface area contributed by atoms with Crippen LogP contribution in [0.2, 0.25) is 0 Å². The summed E-state index contributed by atoms with van der Waals surface area (Å²) in [7, 11) is 0. The maximum absolute atomic E-state index is 11.6. The van der Waals surface area contributed by atoms with E-state index in [1.165, 1.54) is 82.0 Å². The first-order valence-electron chi connectivity index (χ1n) is 15.1. The fourth-order valence-electron chi connectivity index (χ4n) is 4.08. The first-order valence-corrected chi connectivity index (χ1v) is 15.1. The number of amides is 1. The number of carboxylic acid groups (broad SMARTS) is 1. The van der Waals surface area contributed by atoms with Gasteiger partial charge in [-0.25, -0.2) is 0 Å². The molecule has 0 bridgehead atoms. The fraction of sp³-hybridized carbons (Fsp3) is 0.933. The molecule has 1 amide bonds. The van der Waals surface area contributed by atoms with Gasteiger partial charge in [0, 0.05) is 25.0 Å². The van der Waals surface area contributed by atoms with Crippen molar-refractivity contribution in [3.8, 4) is 0 Å². The van der Waals surface area contributed by atoms with Crippen molar-refractivity contribution in [2.75, 3.05) is 52.5 Å². The Morgan fingerprint density at radius 1 is 0.722 bits per heavy atom. The predicted octanol–water partition coefficient (Wildman–Crippen LogP) is 5.68. The summed E-state index contributed by atoms with van der Waals surface area (Å²) in [4.78, 5) is 23.3. The first-order chi connectivity index (χ1) is 17.2. The molecule has 1 aliphatic rings. The Morgan fingerprint density at radius 2 is 1.08 bits per heavy atom. The van der Waals surface area contributed by atoms with Gasteiger partial charge in [-0.15, -0.1) is 0 Å². The van der Waals surface area contributed by atoms with E-state index in [1.807, 2.05) is 25.7 Å². The van der Waals surface area contributed by atoms with E-state index in [9.17, 15) is 14.7 Å². The van der Waals surface area contributed by atoms with Gasteiger partial charge >= 0.3 is 0 Å². The minimum atomic E-state index is -0.956. The van der Waals surface area contributed by atoms with E-state index in [0.717, 1.165) is 19.5 Å². The number of carboxylic acids is 1. The lowest BCUT2D eigenvalue weighted by Gasteiger charge is -2.39. The molecule has 0 aromatic rings. The van der Waals surface area contributed by atoms with Crippen LogP contribution in [0.15, 0.2) is 0 Å². The van der Waals surface area contributed by atoms with E-state index < -0.39 is 5.97 Å². The van der Waals surface area contributed by atoms with Crippen LogP contribution in [-0.4, -0.2) is 73.7 Å². The summed E-state index contributed by atoms with van der Waals surface area (Å²) in [5.41, 5.74) is 0. The van der Waals surface area contributed by atoms with Crippen LogP contribution in [-0.2, 0) is 14.3 Å². The summed E-state index contributed by atoms with van der Waals surface area (Å²) in [5, 5.41) is 9.82. The summed E-state index contributed by atoms with van der Waals surface area (Å²) >= 11 is 0. The van der Waals surface area contributed by atoms with Gasteiger partial charge in [0.05, 0.1) is 39.4 Å². The zero-order chi connectivity index (χ0) is 27.8. The van der Waals surface area contributed by atoms with E-state index in [4.69, 9.17) is 4.74 Å². The van der Waals surface area contributed by atoms with Crippen molar-refractivity contribution in [3.05, 3.63) is 0 Å². The van der Waals surface area contributed by atoms with Crippen LogP contribution in [0.5, 0.6) is 0 Å². The Kier molecular flexibility index (Phi) is 24.9. The number of carbonyl (C=O) groups excluding carboxylic acids is 2. The number of aliphatic carboxylic acids is 1. The van der Waals surface area contributed by atoms with Crippen molar-refractivity contribution in [2.24, 2.45) is 11.8 Å². The maximum atomic E-state index is 11.6. The molecule has 6 nitrogen and oxygen atoms in total. The van der Waals surface area contributed by atoms with Crippen LogP contribution in [0.4, 0.5) is 0 Å². The summed E-state index contributed by atoms with van der Waals surface area (Å²) < 4.78 is 6.59. The number of nitrogens with zero attached hydrogens (tertiary/aromatic N) is 2. The second kappa shape index (κ2) is 24.2. The number of morpholine rings is 1. The van der Waals surface area contributed by atoms with E-state index in [1.54, 1.807) is 6.92 Å². The minimum absolute atomic E-state index is 0.170. The van der Waals surface area contributed by atoms with Crippen molar-refractivity contribution < 1.29 is 23.9 Å². The lowest BCUT2D eigenvalue weighted by atomic mass is 10.1. The summed E-state index contributed by atoms with van der Waals surface area (Å²) in [6.07, 6.45) is 12.6. The average molecular weight is 515 g/mol. The van der Waals surface area contributed by atoms with Crippen LogP contribution in [0.25, 0.3) is 0 Å². The smallest absolute Gasteiger partial charge is 0.225 e. The Morgan fingerprint density at radius 3 is 1.33 bits per heavy atom. The molecule has 1 saturated heterocycles. The average Bonchev–Trinajstić information content (AvgIpc) is 2.92. The van der Waals surface area contributed by atoms with Crippen molar-refractivity contribution in [3.63, 3.8) is 0 Å². The number of ether oxygens (including phenoxy) is 1. The molecule has 1 fully saturated rings. The van der Waals surface area contributed by atoms with Gasteiger partial charge in [0.25, 0.3) is 0 Å².